The Kier molecular flexibility index (Phi) is 4.15. The van der Waals surface area contributed by atoms with Gasteiger partial charge in [0.15, 0.2) is 0 Å². The highest BCUT2D eigenvalue weighted by Gasteiger charge is 2.27. The van der Waals surface area contributed by atoms with Gasteiger partial charge < -0.3 is 15.4 Å². The standard InChI is InChI=1S/C17H26N4O/c1-2-5-13(4-1)19-17-20-15(12-7-8-12)10-16(21-17)18-11-14-6-3-9-22-14/h10,12-14H,1-9,11H2,(H2,18,19,20,21)/t14-/m0/s1. The number of nitrogens with zero attached hydrogens (tertiary/aromatic N) is 2. The molecule has 0 unspecified atom stereocenters. The average molecular weight is 302 g/mol. The average Bonchev–Trinajstić information content (AvgIpc) is 3.02. The summed E-state index contributed by atoms with van der Waals surface area (Å²) in [6, 6.07) is 2.69. The zero-order valence-electron chi connectivity index (χ0n) is 13.2. The van der Waals surface area contributed by atoms with Crippen molar-refractivity contribution in [2.45, 2.75) is 69.4 Å². The van der Waals surface area contributed by atoms with E-state index in [4.69, 9.17) is 9.72 Å². The van der Waals surface area contributed by atoms with Crippen LogP contribution in [0.25, 0.3) is 0 Å². The van der Waals surface area contributed by atoms with Crippen LogP contribution in [-0.2, 0) is 4.74 Å². The molecule has 120 valence electrons. The summed E-state index contributed by atoms with van der Waals surface area (Å²) in [5.74, 6) is 2.41. The first-order valence-electron chi connectivity index (χ1n) is 8.88. The lowest BCUT2D eigenvalue weighted by Gasteiger charge is -2.16. The molecule has 4 rings (SSSR count). The van der Waals surface area contributed by atoms with Crippen LogP contribution >= 0.6 is 0 Å². The van der Waals surface area contributed by atoms with Gasteiger partial charge in [-0.05, 0) is 38.5 Å². The zero-order chi connectivity index (χ0) is 14.8. The first-order chi connectivity index (χ1) is 10.9. The van der Waals surface area contributed by atoms with E-state index in [-0.39, 0.29) is 0 Å². The van der Waals surface area contributed by atoms with Crippen LogP contribution in [0.5, 0.6) is 0 Å². The summed E-state index contributed by atoms with van der Waals surface area (Å²) < 4.78 is 5.68. The van der Waals surface area contributed by atoms with Gasteiger partial charge in [0.1, 0.15) is 5.82 Å². The van der Waals surface area contributed by atoms with Crippen LogP contribution in [0, 0.1) is 0 Å². The van der Waals surface area contributed by atoms with Gasteiger partial charge in [0.05, 0.1) is 11.8 Å². The van der Waals surface area contributed by atoms with Crippen molar-refractivity contribution in [3.63, 3.8) is 0 Å². The fourth-order valence-corrected chi connectivity index (χ4v) is 3.49. The minimum atomic E-state index is 0.339. The lowest BCUT2D eigenvalue weighted by molar-refractivity contribution is 0.120. The molecule has 2 saturated carbocycles. The highest BCUT2D eigenvalue weighted by molar-refractivity contribution is 5.44. The number of rotatable bonds is 6. The number of aromatic nitrogens is 2. The molecule has 0 spiro atoms. The van der Waals surface area contributed by atoms with E-state index in [9.17, 15) is 0 Å². The summed E-state index contributed by atoms with van der Waals surface area (Å²) in [5, 5.41) is 7.00. The molecule has 3 aliphatic rings. The zero-order valence-corrected chi connectivity index (χ0v) is 13.2. The molecule has 0 aromatic carbocycles. The van der Waals surface area contributed by atoms with Crippen LogP contribution in [0.3, 0.4) is 0 Å². The first kappa shape index (κ1) is 14.2. The maximum absolute atomic E-state index is 5.68. The number of anilines is 2. The second-order valence-electron chi connectivity index (χ2n) is 6.92. The number of nitrogens with one attached hydrogen (secondary N) is 2. The van der Waals surface area contributed by atoms with Crippen molar-refractivity contribution < 1.29 is 4.74 Å². The molecule has 1 aromatic heterocycles. The molecule has 5 nitrogen and oxygen atoms in total. The molecule has 2 N–H and O–H groups in total. The third-order valence-electron chi connectivity index (χ3n) is 4.96. The Morgan fingerprint density at radius 2 is 1.91 bits per heavy atom. The van der Waals surface area contributed by atoms with E-state index >= 15 is 0 Å². The largest absolute Gasteiger partial charge is 0.376 e. The lowest BCUT2D eigenvalue weighted by Crippen LogP contribution is -2.21. The maximum Gasteiger partial charge on any atom is 0.225 e. The van der Waals surface area contributed by atoms with Gasteiger partial charge in [-0.25, -0.2) is 4.98 Å². The topological polar surface area (TPSA) is 59.1 Å². The van der Waals surface area contributed by atoms with Crippen LogP contribution in [0.1, 0.15) is 63.0 Å². The summed E-state index contributed by atoms with van der Waals surface area (Å²) in [5.41, 5.74) is 1.20. The predicted octanol–water partition coefficient (Wildman–Crippen LogP) is 3.30. The Balaban J connectivity index is 1.44. The SMILES string of the molecule is c1c(NC[C@@H]2CCCO2)nc(NC2CCCC2)nc1C1CC1. The Bertz CT molecular complexity index is 505. The highest BCUT2D eigenvalue weighted by atomic mass is 16.5. The van der Waals surface area contributed by atoms with Gasteiger partial charge in [-0.3, -0.25) is 0 Å². The molecule has 0 amide bonds. The minimum absolute atomic E-state index is 0.339. The predicted molar refractivity (Wildman–Crippen MR) is 87.3 cm³/mol. The van der Waals surface area contributed by atoms with Gasteiger partial charge in [-0.1, -0.05) is 12.8 Å². The summed E-state index contributed by atoms with van der Waals surface area (Å²) >= 11 is 0. The molecular formula is C17H26N4O. The molecule has 5 heteroatoms. The van der Waals surface area contributed by atoms with Gasteiger partial charge >= 0.3 is 0 Å². The van der Waals surface area contributed by atoms with E-state index in [0.717, 1.165) is 31.3 Å². The molecule has 0 bridgehead atoms. The van der Waals surface area contributed by atoms with Crippen LogP contribution in [0.4, 0.5) is 11.8 Å². The molecule has 2 aliphatic carbocycles. The number of hydrogen-bond acceptors (Lipinski definition) is 5. The van der Waals surface area contributed by atoms with Gasteiger partial charge in [-0.2, -0.15) is 4.98 Å². The summed E-state index contributed by atoms with van der Waals surface area (Å²) in [7, 11) is 0. The molecule has 0 radical (unpaired) electrons. The summed E-state index contributed by atoms with van der Waals surface area (Å²) in [6.45, 7) is 1.75. The molecule has 1 saturated heterocycles. The van der Waals surface area contributed by atoms with Crippen molar-refractivity contribution in [1.29, 1.82) is 0 Å². The van der Waals surface area contributed by atoms with Gasteiger partial charge in [0.2, 0.25) is 5.95 Å². The molecule has 1 atom stereocenters. The Morgan fingerprint density at radius 1 is 1.05 bits per heavy atom. The lowest BCUT2D eigenvalue weighted by atomic mass is 10.2. The van der Waals surface area contributed by atoms with Crippen molar-refractivity contribution in [1.82, 2.24) is 9.97 Å². The van der Waals surface area contributed by atoms with Crippen molar-refractivity contribution in [2.75, 3.05) is 23.8 Å². The fraction of sp³-hybridized carbons (Fsp3) is 0.765. The molecular weight excluding hydrogens is 276 g/mol. The Hall–Kier alpha value is -1.36. The van der Waals surface area contributed by atoms with Crippen molar-refractivity contribution >= 4 is 11.8 Å². The number of ether oxygens (including phenoxy) is 1. The summed E-state index contributed by atoms with van der Waals surface area (Å²) in [4.78, 5) is 9.42. The van der Waals surface area contributed by atoms with Crippen molar-refractivity contribution in [3.8, 4) is 0 Å². The van der Waals surface area contributed by atoms with E-state index in [1.54, 1.807) is 0 Å². The van der Waals surface area contributed by atoms with E-state index in [1.165, 1.54) is 50.6 Å². The van der Waals surface area contributed by atoms with Crippen molar-refractivity contribution in [2.24, 2.45) is 0 Å². The van der Waals surface area contributed by atoms with Crippen LogP contribution in [-0.4, -0.2) is 35.3 Å². The van der Waals surface area contributed by atoms with E-state index in [1.807, 2.05) is 0 Å². The first-order valence-corrected chi connectivity index (χ1v) is 8.88. The Labute approximate surface area is 132 Å². The minimum Gasteiger partial charge on any atom is -0.376 e. The molecule has 1 aromatic rings. The smallest absolute Gasteiger partial charge is 0.225 e. The number of hydrogen-bond donors (Lipinski definition) is 2. The molecule has 3 fully saturated rings. The van der Waals surface area contributed by atoms with Crippen molar-refractivity contribution in [3.05, 3.63) is 11.8 Å². The van der Waals surface area contributed by atoms with Gasteiger partial charge in [-0.15, -0.1) is 0 Å². The van der Waals surface area contributed by atoms with Gasteiger partial charge in [0, 0.05) is 31.2 Å². The summed E-state index contributed by atoms with van der Waals surface area (Å²) in [6.07, 6.45) is 10.3. The van der Waals surface area contributed by atoms with Crippen LogP contribution in [0.15, 0.2) is 6.07 Å². The van der Waals surface area contributed by atoms with E-state index < -0.39 is 0 Å². The second kappa shape index (κ2) is 6.41. The quantitative estimate of drug-likeness (QED) is 0.844. The third-order valence-corrected chi connectivity index (χ3v) is 4.96. The maximum atomic E-state index is 5.68. The van der Waals surface area contributed by atoms with Crippen LogP contribution in [0.2, 0.25) is 0 Å². The Morgan fingerprint density at radius 3 is 2.64 bits per heavy atom. The van der Waals surface area contributed by atoms with E-state index in [0.29, 0.717) is 18.1 Å². The monoisotopic (exact) mass is 302 g/mol. The normalized spacial score (nSPS) is 25.5. The highest BCUT2D eigenvalue weighted by Crippen LogP contribution is 2.40. The third kappa shape index (κ3) is 3.51. The van der Waals surface area contributed by atoms with E-state index in [2.05, 4.69) is 21.7 Å². The van der Waals surface area contributed by atoms with Gasteiger partial charge in [0.25, 0.3) is 0 Å². The molecule has 2 heterocycles. The molecule has 1 aliphatic heterocycles. The second-order valence-corrected chi connectivity index (χ2v) is 6.92. The fourth-order valence-electron chi connectivity index (χ4n) is 3.49. The molecule has 22 heavy (non-hydrogen) atoms. The van der Waals surface area contributed by atoms with Crippen LogP contribution < -0.4 is 10.6 Å².